The topological polar surface area (TPSA) is 78.0 Å². The summed E-state index contributed by atoms with van der Waals surface area (Å²) in [6.45, 7) is 2.01. The summed E-state index contributed by atoms with van der Waals surface area (Å²) in [6.07, 6.45) is 3.28. The minimum absolute atomic E-state index is 0.210. The molecule has 8 heteroatoms. The number of aromatic nitrogens is 5. The van der Waals surface area contributed by atoms with Gasteiger partial charge in [-0.15, -0.1) is 11.3 Å². The van der Waals surface area contributed by atoms with Crippen LogP contribution in [-0.2, 0) is 0 Å². The van der Waals surface area contributed by atoms with E-state index in [0.29, 0.717) is 27.7 Å². The van der Waals surface area contributed by atoms with Gasteiger partial charge in [-0.3, -0.25) is 9.36 Å². The lowest BCUT2D eigenvalue weighted by molar-refractivity contribution is 0.906. The fraction of sp³-hybridized carbons (Fsp3) is 0.0417. The first-order valence-electron chi connectivity index (χ1n) is 10.0. The number of aryl methyl sites for hydroxylation is 1. The normalized spacial score (nSPS) is 11.9. The van der Waals surface area contributed by atoms with Crippen molar-refractivity contribution in [3.8, 4) is 5.69 Å². The van der Waals surface area contributed by atoms with Crippen LogP contribution in [0.3, 0.4) is 0 Å². The lowest BCUT2D eigenvalue weighted by Crippen LogP contribution is -2.18. The molecule has 0 aliphatic heterocycles. The van der Waals surface area contributed by atoms with Crippen molar-refractivity contribution in [1.29, 1.82) is 0 Å². The Labute approximate surface area is 185 Å². The molecule has 0 amide bonds. The Morgan fingerprint density at radius 2 is 1.72 bits per heavy atom. The molecule has 0 radical (unpaired) electrons. The third-order valence-corrected chi connectivity index (χ3v) is 6.10. The number of fused-ring (bicyclic) bond motifs is 4. The molecule has 0 aliphatic rings. The maximum Gasteiger partial charge on any atom is 0.269 e. The van der Waals surface area contributed by atoms with Crippen LogP contribution in [0.25, 0.3) is 38.9 Å². The van der Waals surface area contributed by atoms with E-state index in [1.807, 2.05) is 73.0 Å². The highest BCUT2D eigenvalue weighted by Crippen LogP contribution is 2.25. The van der Waals surface area contributed by atoms with Crippen molar-refractivity contribution in [3.05, 3.63) is 93.2 Å². The van der Waals surface area contributed by atoms with E-state index in [1.165, 1.54) is 10.9 Å². The minimum Gasteiger partial charge on any atom is -0.268 e. The molecule has 0 saturated heterocycles. The summed E-state index contributed by atoms with van der Waals surface area (Å²) >= 11 is 1.58. The zero-order chi connectivity index (χ0) is 21.7. The molecular weight excluding hydrogens is 420 g/mol. The largest absolute Gasteiger partial charge is 0.269 e. The first-order valence-corrected chi connectivity index (χ1v) is 10.9. The molecule has 0 bridgehead atoms. The van der Waals surface area contributed by atoms with Gasteiger partial charge in [0.1, 0.15) is 17.2 Å². The molecule has 154 valence electrons. The Bertz CT molecular complexity index is 1700. The molecule has 0 aliphatic carbocycles. The van der Waals surface area contributed by atoms with E-state index in [9.17, 15) is 4.79 Å². The molecule has 4 heterocycles. The van der Waals surface area contributed by atoms with Gasteiger partial charge in [0, 0.05) is 4.88 Å². The number of hydrogen-bond acceptors (Lipinski definition) is 6. The highest BCUT2D eigenvalue weighted by atomic mass is 32.1. The highest BCUT2D eigenvalue weighted by molar-refractivity contribution is 7.11. The van der Waals surface area contributed by atoms with Gasteiger partial charge in [-0.25, -0.2) is 15.0 Å². The Morgan fingerprint density at radius 1 is 0.938 bits per heavy atom. The zero-order valence-electron chi connectivity index (χ0n) is 17.0. The number of rotatable bonds is 3. The Balaban J connectivity index is 1.69. The summed E-state index contributed by atoms with van der Waals surface area (Å²) in [4.78, 5) is 28.7. The van der Waals surface area contributed by atoms with Gasteiger partial charge in [-0.2, -0.15) is 9.78 Å². The zero-order valence-corrected chi connectivity index (χ0v) is 17.8. The third kappa shape index (κ3) is 2.92. The molecule has 7 nitrogen and oxygen atoms in total. The Kier molecular flexibility index (Phi) is 4.19. The molecule has 0 fully saturated rings. The Hall–Kier alpha value is -4.17. The second kappa shape index (κ2) is 7.21. The predicted octanol–water partition coefficient (Wildman–Crippen LogP) is 4.54. The van der Waals surface area contributed by atoms with Crippen molar-refractivity contribution >= 4 is 50.8 Å². The summed E-state index contributed by atoms with van der Waals surface area (Å²) in [7, 11) is 0. The molecule has 0 atom stereocenters. The minimum atomic E-state index is -0.210. The van der Waals surface area contributed by atoms with Crippen LogP contribution in [0.2, 0.25) is 0 Å². The molecule has 0 N–H and O–H groups in total. The van der Waals surface area contributed by atoms with Crippen LogP contribution < -0.4 is 5.56 Å². The van der Waals surface area contributed by atoms with Gasteiger partial charge < -0.3 is 0 Å². The van der Waals surface area contributed by atoms with Gasteiger partial charge in [0.25, 0.3) is 5.56 Å². The Morgan fingerprint density at radius 3 is 2.47 bits per heavy atom. The van der Waals surface area contributed by atoms with E-state index in [2.05, 4.69) is 10.1 Å². The number of hydrogen-bond donors (Lipinski definition) is 0. The lowest BCUT2D eigenvalue weighted by atomic mass is 10.2. The van der Waals surface area contributed by atoms with Crippen molar-refractivity contribution < 1.29 is 0 Å². The van der Waals surface area contributed by atoms with Gasteiger partial charge in [0.15, 0.2) is 11.3 Å². The van der Waals surface area contributed by atoms with Crippen molar-refractivity contribution in [2.45, 2.75) is 6.92 Å². The average Bonchev–Trinajstić information content (AvgIpc) is 3.43. The van der Waals surface area contributed by atoms with Crippen LogP contribution in [0.15, 0.2) is 82.3 Å². The molecule has 6 rings (SSSR count). The highest BCUT2D eigenvalue weighted by Gasteiger charge is 2.20. The van der Waals surface area contributed by atoms with E-state index in [0.717, 1.165) is 21.6 Å². The van der Waals surface area contributed by atoms with Crippen molar-refractivity contribution in [2.24, 2.45) is 5.10 Å². The molecular formula is C24H16N6OS. The number of para-hydroxylation sites is 2. The molecule has 0 saturated carbocycles. The molecule has 6 aromatic rings. The number of benzene rings is 2. The summed E-state index contributed by atoms with van der Waals surface area (Å²) in [5.41, 5.74) is 4.51. The van der Waals surface area contributed by atoms with Crippen LogP contribution >= 0.6 is 11.3 Å². The van der Waals surface area contributed by atoms with Crippen LogP contribution in [-0.4, -0.2) is 30.4 Å². The predicted molar refractivity (Wildman–Crippen MR) is 128 cm³/mol. The van der Waals surface area contributed by atoms with Gasteiger partial charge in [-0.05, 0) is 42.6 Å². The number of nitrogens with zero attached hydrogens (tertiary/aromatic N) is 6. The maximum absolute atomic E-state index is 13.6. The van der Waals surface area contributed by atoms with E-state index in [-0.39, 0.29) is 5.56 Å². The summed E-state index contributed by atoms with van der Waals surface area (Å²) in [5.74, 6) is 0. The van der Waals surface area contributed by atoms with E-state index in [1.54, 1.807) is 22.2 Å². The summed E-state index contributed by atoms with van der Waals surface area (Å²) in [6, 6.07) is 19.3. The van der Waals surface area contributed by atoms with Crippen molar-refractivity contribution in [2.75, 3.05) is 0 Å². The second-order valence-corrected chi connectivity index (χ2v) is 8.39. The molecule has 0 spiro atoms. The van der Waals surface area contributed by atoms with Crippen LogP contribution in [0, 0.1) is 6.92 Å². The smallest absolute Gasteiger partial charge is 0.268 e. The monoisotopic (exact) mass is 436 g/mol. The third-order valence-electron chi connectivity index (χ3n) is 5.30. The van der Waals surface area contributed by atoms with Gasteiger partial charge in [-0.1, -0.05) is 35.9 Å². The summed E-state index contributed by atoms with van der Waals surface area (Å²) < 4.78 is 3.14. The molecule has 4 aromatic heterocycles. The summed E-state index contributed by atoms with van der Waals surface area (Å²) in [5, 5.41) is 6.99. The lowest BCUT2D eigenvalue weighted by Gasteiger charge is -2.05. The van der Waals surface area contributed by atoms with Crippen LogP contribution in [0.1, 0.15) is 10.4 Å². The van der Waals surface area contributed by atoms with E-state index < -0.39 is 0 Å². The van der Waals surface area contributed by atoms with Gasteiger partial charge in [0.05, 0.1) is 22.9 Å². The maximum atomic E-state index is 13.6. The average molecular weight is 437 g/mol. The molecule has 0 unspecified atom stereocenters. The van der Waals surface area contributed by atoms with Crippen LogP contribution in [0.4, 0.5) is 0 Å². The fourth-order valence-electron chi connectivity index (χ4n) is 3.70. The SMILES string of the molecule is Cc1ccc(-n2cnc3c(c2=O)c2nc4ccccc4nc2n3N=Cc2cccs2)cc1. The number of thiophene rings is 1. The fourth-order valence-corrected chi connectivity index (χ4v) is 4.28. The first kappa shape index (κ1) is 18.6. The van der Waals surface area contributed by atoms with Crippen molar-refractivity contribution in [1.82, 2.24) is 24.2 Å². The van der Waals surface area contributed by atoms with E-state index >= 15 is 0 Å². The van der Waals surface area contributed by atoms with E-state index in [4.69, 9.17) is 9.97 Å². The second-order valence-electron chi connectivity index (χ2n) is 7.41. The molecule has 2 aromatic carbocycles. The quantitative estimate of drug-likeness (QED) is 0.382. The van der Waals surface area contributed by atoms with Crippen LogP contribution in [0.5, 0.6) is 0 Å². The van der Waals surface area contributed by atoms with Gasteiger partial charge >= 0.3 is 0 Å². The molecule has 32 heavy (non-hydrogen) atoms. The van der Waals surface area contributed by atoms with Gasteiger partial charge in [0.2, 0.25) is 0 Å². The first-order chi connectivity index (χ1) is 15.7. The van der Waals surface area contributed by atoms with Crippen molar-refractivity contribution in [3.63, 3.8) is 0 Å². The standard InChI is InChI=1S/C24H16N6OS/c1-15-8-10-16(11-9-15)29-14-25-22-20(24(29)31)21-23(28-19-7-3-2-6-18(19)27-21)30(22)26-13-17-5-4-12-32-17/h2-14H,1H3.